The van der Waals surface area contributed by atoms with Crippen LogP contribution in [0.25, 0.3) is 0 Å². The highest BCUT2D eigenvalue weighted by Gasteiger charge is 2.20. The summed E-state index contributed by atoms with van der Waals surface area (Å²) in [7, 11) is 1.95. The van der Waals surface area contributed by atoms with Gasteiger partial charge in [0.2, 0.25) is 0 Å². The lowest BCUT2D eigenvalue weighted by molar-refractivity contribution is 0.0502. The molecule has 176 valence electrons. The standard InChI is InChI=1S/C22H41N7O2/c1-7-11-18(26-21(30)31-22(3,4)5)14-23-20(25-17-12-9-8-10-13-17)24-15-19-28-27-16(2)29(19)6/h17-18H,7-15H2,1-6H3,(H,26,30)(H2,23,24,25). The summed E-state index contributed by atoms with van der Waals surface area (Å²) in [6.07, 6.45) is 7.51. The largest absolute Gasteiger partial charge is 0.444 e. The van der Waals surface area contributed by atoms with Crippen LogP contribution in [-0.2, 0) is 18.3 Å². The Bertz CT molecular complexity index is 718. The van der Waals surface area contributed by atoms with Gasteiger partial charge in [-0.3, -0.25) is 0 Å². The van der Waals surface area contributed by atoms with Crippen molar-refractivity contribution in [3.05, 3.63) is 11.6 Å². The van der Waals surface area contributed by atoms with Gasteiger partial charge >= 0.3 is 6.09 Å². The number of aromatic nitrogens is 3. The Labute approximate surface area is 186 Å². The lowest BCUT2D eigenvalue weighted by atomic mass is 9.96. The van der Waals surface area contributed by atoms with Crippen LogP contribution in [0.5, 0.6) is 0 Å². The lowest BCUT2D eigenvalue weighted by Crippen LogP contribution is -2.50. The van der Waals surface area contributed by atoms with E-state index in [9.17, 15) is 4.79 Å². The Morgan fingerprint density at radius 2 is 1.97 bits per heavy atom. The minimum absolute atomic E-state index is 0.0460. The van der Waals surface area contributed by atoms with Gasteiger partial charge in [0.05, 0.1) is 0 Å². The zero-order valence-electron chi connectivity index (χ0n) is 20.1. The first-order valence-electron chi connectivity index (χ1n) is 11.6. The summed E-state index contributed by atoms with van der Waals surface area (Å²) >= 11 is 0. The molecule has 1 aromatic rings. The van der Waals surface area contributed by atoms with E-state index in [1.165, 1.54) is 19.3 Å². The van der Waals surface area contributed by atoms with Crippen molar-refractivity contribution < 1.29 is 9.53 Å². The molecule has 1 heterocycles. The second kappa shape index (κ2) is 11.9. The average Bonchev–Trinajstić information content (AvgIpc) is 3.01. The maximum atomic E-state index is 12.2. The number of aliphatic imine (C=N–C) groups is 1. The van der Waals surface area contributed by atoms with Gasteiger partial charge in [-0.15, -0.1) is 10.2 Å². The number of hydrogen-bond donors (Lipinski definition) is 3. The Morgan fingerprint density at radius 3 is 2.55 bits per heavy atom. The summed E-state index contributed by atoms with van der Waals surface area (Å²) in [5.74, 6) is 2.43. The van der Waals surface area contributed by atoms with Crippen LogP contribution in [0.3, 0.4) is 0 Å². The molecule has 1 amide bonds. The summed E-state index contributed by atoms with van der Waals surface area (Å²) in [4.78, 5) is 17.0. The van der Waals surface area contributed by atoms with E-state index in [1.807, 2.05) is 39.3 Å². The van der Waals surface area contributed by atoms with Crippen molar-refractivity contribution in [2.45, 2.75) is 104 Å². The number of aryl methyl sites for hydroxylation is 1. The highest BCUT2D eigenvalue weighted by Crippen LogP contribution is 2.17. The smallest absolute Gasteiger partial charge is 0.407 e. The molecule has 1 aliphatic carbocycles. The van der Waals surface area contributed by atoms with Gasteiger partial charge in [-0.1, -0.05) is 32.6 Å². The van der Waals surface area contributed by atoms with Crippen molar-refractivity contribution in [3.63, 3.8) is 0 Å². The number of nitrogens with one attached hydrogen (secondary N) is 3. The number of rotatable bonds is 8. The number of amides is 1. The topological polar surface area (TPSA) is 105 Å². The quantitative estimate of drug-likeness (QED) is 0.428. The summed E-state index contributed by atoms with van der Waals surface area (Å²) in [6.45, 7) is 10.7. The second-order valence-electron chi connectivity index (χ2n) is 9.38. The minimum atomic E-state index is -0.516. The molecule has 9 nitrogen and oxygen atoms in total. The molecule has 1 fully saturated rings. The molecule has 31 heavy (non-hydrogen) atoms. The third-order valence-electron chi connectivity index (χ3n) is 5.38. The van der Waals surface area contributed by atoms with Gasteiger partial charge in [0.15, 0.2) is 11.8 Å². The molecule has 1 unspecified atom stereocenters. The molecule has 0 bridgehead atoms. The first kappa shape index (κ1) is 24.9. The Hall–Kier alpha value is -2.32. The SMILES string of the molecule is CCCC(CNC(=NCc1nnc(C)n1C)NC1CCCCC1)NC(=O)OC(C)(C)C. The summed E-state index contributed by atoms with van der Waals surface area (Å²) < 4.78 is 7.37. The van der Waals surface area contributed by atoms with E-state index in [1.54, 1.807) is 0 Å². The predicted molar refractivity (Wildman–Crippen MR) is 123 cm³/mol. The minimum Gasteiger partial charge on any atom is -0.444 e. The first-order chi connectivity index (χ1) is 14.7. The zero-order valence-corrected chi connectivity index (χ0v) is 20.1. The van der Waals surface area contributed by atoms with Gasteiger partial charge in [0, 0.05) is 25.7 Å². The van der Waals surface area contributed by atoms with Gasteiger partial charge in [0.25, 0.3) is 0 Å². The zero-order chi connectivity index (χ0) is 22.9. The third kappa shape index (κ3) is 9.14. The van der Waals surface area contributed by atoms with Gasteiger partial charge in [-0.2, -0.15) is 0 Å². The van der Waals surface area contributed by atoms with Gasteiger partial charge in [-0.05, 0) is 47.0 Å². The molecule has 0 spiro atoms. The molecule has 0 aromatic carbocycles. The van der Waals surface area contributed by atoms with Gasteiger partial charge < -0.3 is 25.3 Å². The van der Waals surface area contributed by atoms with Crippen LogP contribution in [0.4, 0.5) is 4.79 Å². The molecular weight excluding hydrogens is 394 g/mol. The van der Waals surface area contributed by atoms with Crippen LogP contribution >= 0.6 is 0 Å². The highest BCUT2D eigenvalue weighted by molar-refractivity contribution is 5.80. The number of alkyl carbamates (subject to hydrolysis) is 1. The number of ether oxygens (including phenoxy) is 1. The Morgan fingerprint density at radius 1 is 1.26 bits per heavy atom. The fourth-order valence-electron chi connectivity index (χ4n) is 3.60. The van der Waals surface area contributed by atoms with Crippen molar-refractivity contribution in [3.8, 4) is 0 Å². The molecule has 3 N–H and O–H groups in total. The summed E-state index contributed by atoms with van der Waals surface area (Å²) in [5.41, 5.74) is -0.516. The number of carbonyl (C=O) groups excluding carboxylic acids is 1. The van der Waals surface area contributed by atoms with E-state index in [4.69, 9.17) is 9.73 Å². The van der Waals surface area contributed by atoms with Crippen LogP contribution in [0.1, 0.15) is 84.3 Å². The normalized spacial score (nSPS) is 16.6. The van der Waals surface area contributed by atoms with Crippen LogP contribution in [-0.4, -0.2) is 51.0 Å². The van der Waals surface area contributed by atoms with Crippen molar-refractivity contribution in [2.75, 3.05) is 6.54 Å². The summed E-state index contributed by atoms with van der Waals surface area (Å²) in [5, 5.41) is 18.3. The maximum absolute atomic E-state index is 12.2. The second-order valence-corrected chi connectivity index (χ2v) is 9.38. The first-order valence-corrected chi connectivity index (χ1v) is 11.6. The van der Waals surface area contributed by atoms with E-state index < -0.39 is 5.60 Å². The van der Waals surface area contributed by atoms with Crippen molar-refractivity contribution >= 4 is 12.1 Å². The number of nitrogens with zero attached hydrogens (tertiary/aromatic N) is 4. The Kier molecular flexibility index (Phi) is 9.58. The van der Waals surface area contributed by atoms with Crippen LogP contribution in [0.2, 0.25) is 0 Å². The van der Waals surface area contributed by atoms with Crippen LogP contribution < -0.4 is 16.0 Å². The fourth-order valence-corrected chi connectivity index (χ4v) is 3.60. The molecule has 1 atom stereocenters. The highest BCUT2D eigenvalue weighted by atomic mass is 16.6. The van der Waals surface area contributed by atoms with Gasteiger partial charge in [-0.25, -0.2) is 9.79 Å². The Balaban J connectivity index is 2.02. The van der Waals surface area contributed by atoms with Crippen LogP contribution in [0, 0.1) is 6.92 Å². The maximum Gasteiger partial charge on any atom is 0.407 e. The predicted octanol–water partition coefficient (Wildman–Crippen LogP) is 3.18. The molecule has 0 radical (unpaired) electrons. The van der Waals surface area contributed by atoms with Crippen molar-refractivity contribution in [1.82, 2.24) is 30.7 Å². The van der Waals surface area contributed by atoms with Gasteiger partial charge in [0.1, 0.15) is 18.0 Å². The van der Waals surface area contributed by atoms with E-state index in [2.05, 4.69) is 33.1 Å². The molecule has 9 heteroatoms. The molecule has 1 aliphatic rings. The fraction of sp³-hybridized carbons (Fsp3) is 0.818. The molecule has 1 aromatic heterocycles. The molecule has 0 saturated heterocycles. The number of guanidine groups is 1. The summed E-state index contributed by atoms with van der Waals surface area (Å²) in [6, 6.07) is 0.375. The molecular formula is C22H41N7O2. The van der Waals surface area contributed by atoms with E-state index in [-0.39, 0.29) is 12.1 Å². The van der Waals surface area contributed by atoms with Crippen molar-refractivity contribution in [1.29, 1.82) is 0 Å². The average molecular weight is 436 g/mol. The van der Waals surface area contributed by atoms with Crippen LogP contribution in [0.15, 0.2) is 4.99 Å². The lowest BCUT2D eigenvalue weighted by Gasteiger charge is -2.27. The number of hydrogen-bond acceptors (Lipinski definition) is 5. The third-order valence-corrected chi connectivity index (χ3v) is 5.38. The van der Waals surface area contributed by atoms with Crippen molar-refractivity contribution in [2.24, 2.45) is 12.0 Å². The van der Waals surface area contributed by atoms with E-state index >= 15 is 0 Å². The number of carbonyl (C=O) groups is 1. The molecule has 2 rings (SSSR count). The van der Waals surface area contributed by atoms with E-state index in [0.29, 0.717) is 19.1 Å². The molecule has 1 saturated carbocycles. The van der Waals surface area contributed by atoms with E-state index in [0.717, 1.165) is 43.3 Å². The monoisotopic (exact) mass is 435 g/mol. The molecule has 0 aliphatic heterocycles.